The molecule has 29 heavy (non-hydrogen) atoms. The molecule has 8 heteroatoms. The summed E-state index contributed by atoms with van der Waals surface area (Å²) in [6, 6.07) is 10.7. The molecule has 0 bridgehead atoms. The zero-order chi connectivity index (χ0) is 21.0. The molecule has 1 atom stereocenters. The van der Waals surface area contributed by atoms with E-state index in [1.165, 1.54) is 12.0 Å². The van der Waals surface area contributed by atoms with Gasteiger partial charge >= 0.3 is 0 Å². The summed E-state index contributed by atoms with van der Waals surface area (Å²) >= 11 is 4.53. The zero-order valence-corrected chi connectivity index (χ0v) is 18.8. The van der Waals surface area contributed by atoms with Crippen molar-refractivity contribution >= 4 is 44.5 Å². The first-order chi connectivity index (χ1) is 14.0. The molecule has 1 heterocycles. The third-order valence-electron chi connectivity index (χ3n) is 4.37. The molecule has 6 nitrogen and oxygen atoms in total. The number of carbonyl (C=O) groups excluding carboxylic acids is 2. The van der Waals surface area contributed by atoms with Crippen LogP contribution >= 0.6 is 27.7 Å². The maximum absolute atomic E-state index is 13.1. The Balaban J connectivity index is 1.88. The fourth-order valence-corrected chi connectivity index (χ4v) is 4.62. The van der Waals surface area contributed by atoms with Gasteiger partial charge in [-0.1, -0.05) is 23.9 Å². The molecule has 1 aliphatic heterocycles. The van der Waals surface area contributed by atoms with Gasteiger partial charge in [0.2, 0.25) is 5.91 Å². The fourth-order valence-electron chi connectivity index (χ4n) is 3.11. The second-order valence-electron chi connectivity index (χ2n) is 6.18. The second-order valence-corrected chi connectivity index (χ2v) is 8.19. The summed E-state index contributed by atoms with van der Waals surface area (Å²) in [5.41, 5.74) is 1.29. The monoisotopic (exact) mass is 479 g/mol. The summed E-state index contributed by atoms with van der Waals surface area (Å²) in [4.78, 5) is 26.9. The molecule has 0 aromatic heterocycles. The normalized spacial score (nSPS) is 16.3. The molecule has 1 aliphatic rings. The number of rotatable bonds is 8. The van der Waals surface area contributed by atoms with Crippen LogP contribution < -0.4 is 19.1 Å². The first-order valence-electron chi connectivity index (χ1n) is 9.25. The van der Waals surface area contributed by atoms with Crippen LogP contribution in [0.3, 0.4) is 0 Å². The zero-order valence-electron chi connectivity index (χ0n) is 16.4. The minimum atomic E-state index is -0.545. The lowest BCUT2D eigenvalue weighted by Crippen LogP contribution is -2.32. The number of nitrogens with zero attached hydrogens (tertiary/aromatic N) is 1. The molecule has 0 spiro atoms. The van der Waals surface area contributed by atoms with E-state index in [1.54, 1.807) is 24.3 Å². The largest absolute Gasteiger partial charge is 0.495 e. The van der Waals surface area contributed by atoms with E-state index in [0.29, 0.717) is 42.6 Å². The topological polar surface area (TPSA) is 65.1 Å². The molecule has 154 valence electrons. The molecule has 2 aromatic carbocycles. The number of ether oxygens (including phenoxy) is 3. The van der Waals surface area contributed by atoms with E-state index in [0.717, 1.165) is 21.8 Å². The van der Waals surface area contributed by atoms with Crippen LogP contribution in [-0.2, 0) is 11.2 Å². The van der Waals surface area contributed by atoms with E-state index >= 15 is 0 Å². The number of hydrogen-bond donors (Lipinski definition) is 0. The summed E-state index contributed by atoms with van der Waals surface area (Å²) in [6.45, 7) is 4.82. The van der Waals surface area contributed by atoms with Gasteiger partial charge < -0.3 is 14.2 Å². The molecule has 0 N–H and O–H groups in total. The summed E-state index contributed by atoms with van der Waals surface area (Å²) in [6.07, 6.45) is 0.362. The Morgan fingerprint density at radius 2 is 1.72 bits per heavy atom. The van der Waals surface area contributed by atoms with Gasteiger partial charge in [-0.2, -0.15) is 0 Å². The molecule has 0 aliphatic carbocycles. The van der Waals surface area contributed by atoms with Crippen molar-refractivity contribution in [3.63, 3.8) is 0 Å². The van der Waals surface area contributed by atoms with E-state index in [1.807, 2.05) is 26.0 Å². The molecule has 2 aromatic rings. The van der Waals surface area contributed by atoms with Crippen LogP contribution in [0.25, 0.3) is 0 Å². The Kier molecular flexibility index (Phi) is 7.08. The predicted octanol–water partition coefficient (Wildman–Crippen LogP) is 5.07. The molecule has 1 fully saturated rings. The SMILES string of the molecule is CCOc1cc(OCC)c(C[C@@H]2SC(=O)N(c3ccccc3OC)C2=O)cc1Br. The molecular formula is C21H22BrNO5S. The molecule has 2 amide bonds. The molecular weight excluding hydrogens is 458 g/mol. The minimum absolute atomic E-state index is 0.267. The van der Waals surface area contributed by atoms with E-state index < -0.39 is 5.25 Å². The van der Waals surface area contributed by atoms with Crippen molar-refractivity contribution in [3.8, 4) is 17.2 Å². The quantitative estimate of drug-likeness (QED) is 0.526. The van der Waals surface area contributed by atoms with Crippen LogP contribution in [0.2, 0.25) is 0 Å². The number of halogens is 1. The van der Waals surface area contributed by atoms with Crippen molar-refractivity contribution in [3.05, 3.63) is 46.4 Å². The van der Waals surface area contributed by atoms with Crippen molar-refractivity contribution in [2.24, 2.45) is 0 Å². The lowest BCUT2D eigenvalue weighted by Gasteiger charge is -2.18. The van der Waals surface area contributed by atoms with Crippen LogP contribution in [0.4, 0.5) is 10.5 Å². The Bertz CT molecular complexity index is 920. The highest BCUT2D eigenvalue weighted by Gasteiger charge is 2.42. The van der Waals surface area contributed by atoms with Gasteiger partial charge in [-0.3, -0.25) is 9.59 Å². The maximum atomic E-state index is 13.1. The van der Waals surface area contributed by atoms with Crippen LogP contribution in [0.15, 0.2) is 40.9 Å². The van der Waals surface area contributed by atoms with E-state index in [9.17, 15) is 9.59 Å². The van der Waals surface area contributed by atoms with Gasteiger partial charge in [0.1, 0.15) is 17.2 Å². The first kappa shape index (κ1) is 21.5. The summed E-state index contributed by atoms with van der Waals surface area (Å²) in [7, 11) is 1.51. The number of thioether (sulfide) groups is 1. The van der Waals surface area contributed by atoms with E-state index in [2.05, 4.69) is 15.9 Å². The molecule has 3 rings (SSSR count). The Hall–Kier alpha value is -2.19. The Labute approximate surface area is 182 Å². The molecule has 0 saturated carbocycles. The number of benzene rings is 2. The number of amides is 2. The van der Waals surface area contributed by atoms with Crippen LogP contribution in [0, 0.1) is 0 Å². The molecule has 0 radical (unpaired) electrons. The first-order valence-corrected chi connectivity index (χ1v) is 10.9. The number of para-hydroxylation sites is 2. The van der Waals surface area contributed by atoms with E-state index in [-0.39, 0.29) is 11.1 Å². The standard InChI is InChI=1S/C21H22BrNO5S/c1-4-27-17-12-18(28-5-2)14(22)10-13(17)11-19-20(24)23(21(25)29-19)15-8-6-7-9-16(15)26-3/h6-10,12,19H,4-5,11H2,1-3H3/t19-/m0/s1. The van der Waals surface area contributed by atoms with Gasteiger partial charge in [-0.25, -0.2) is 4.90 Å². The van der Waals surface area contributed by atoms with Gasteiger partial charge in [0, 0.05) is 6.07 Å². The van der Waals surface area contributed by atoms with Crippen molar-refractivity contribution in [2.75, 3.05) is 25.2 Å². The second kappa shape index (κ2) is 9.54. The number of hydrogen-bond acceptors (Lipinski definition) is 6. The Morgan fingerprint density at radius 3 is 2.41 bits per heavy atom. The molecule has 0 unspecified atom stereocenters. The minimum Gasteiger partial charge on any atom is -0.495 e. The predicted molar refractivity (Wildman–Crippen MR) is 117 cm³/mol. The van der Waals surface area contributed by atoms with Gasteiger partial charge in [0.05, 0.1) is 35.7 Å². The number of carbonyl (C=O) groups is 2. The fraction of sp³-hybridized carbons (Fsp3) is 0.333. The van der Waals surface area contributed by atoms with Crippen molar-refractivity contribution < 1.29 is 23.8 Å². The van der Waals surface area contributed by atoms with Gasteiger partial charge in [-0.05, 0) is 60.0 Å². The lowest BCUT2D eigenvalue weighted by atomic mass is 10.1. The van der Waals surface area contributed by atoms with Crippen molar-refractivity contribution in [1.82, 2.24) is 0 Å². The summed E-state index contributed by atoms with van der Waals surface area (Å²) in [5, 5.41) is -0.857. The summed E-state index contributed by atoms with van der Waals surface area (Å²) < 4.78 is 17.5. The average Bonchev–Trinajstić information content (AvgIpc) is 2.98. The Morgan fingerprint density at radius 1 is 1.03 bits per heavy atom. The number of imide groups is 1. The highest BCUT2D eigenvalue weighted by Crippen LogP contribution is 2.40. The maximum Gasteiger partial charge on any atom is 0.293 e. The van der Waals surface area contributed by atoms with Gasteiger partial charge in [-0.15, -0.1) is 0 Å². The van der Waals surface area contributed by atoms with Gasteiger partial charge in [0.15, 0.2) is 0 Å². The smallest absolute Gasteiger partial charge is 0.293 e. The number of methoxy groups -OCH3 is 1. The summed E-state index contributed by atoms with van der Waals surface area (Å²) in [5.74, 6) is 1.54. The lowest BCUT2D eigenvalue weighted by molar-refractivity contribution is -0.117. The van der Waals surface area contributed by atoms with Crippen LogP contribution in [0.1, 0.15) is 19.4 Å². The van der Waals surface area contributed by atoms with Crippen LogP contribution in [-0.4, -0.2) is 36.7 Å². The average molecular weight is 480 g/mol. The van der Waals surface area contributed by atoms with E-state index in [4.69, 9.17) is 14.2 Å². The third kappa shape index (κ3) is 4.53. The van der Waals surface area contributed by atoms with Gasteiger partial charge in [0.25, 0.3) is 5.24 Å². The van der Waals surface area contributed by atoms with Crippen molar-refractivity contribution in [2.45, 2.75) is 25.5 Å². The highest BCUT2D eigenvalue weighted by atomic mass is 79.9. The third-order valence-corrected chi connectivity index (χ3v) is 6.02. The number of anilines is 1. The highest BCUT2D eigenvalue weighted by molar-refractivity contribution is 9.10. The van der Waals surface area contributed by atoms with Crippen molar-refractivity contribution in [1.29, 1.82) is 0 Å². The molecule has 1 saturated heterocycles. The van der Waals surface area contributed by atoms with Crippen LogP contribution in [0.5, 0.6) is 17.2 Å².